The summed E-state index contributed by atoms with van der Waals surface area (Å²) in [5, 5.41) is 5.38. The van der Waals surface area contributed by atoms with E-state index in [0.29, 0.717) is 18.0 Å². The lowest BCUT2D eigenvalue weighted by atomic mass is 9.86. The molecule has 1 unspecified atom stereocenters. The Bertz CT molecular complexity index is 885. The molecule has 1 aliphatic rings. The van der Waals surface area contributed by atoms with E-state index >= 15 is 0 Å². The minimum absolute atomic E-state index is 0.00853. The zero-order chi connectivity index (χ0) is 20.5. The number of aromatic nitrogens is 1. The van der Waals surface area contributed by atoms with E-state index < -0.39 is 0 Å². The number of benzene rings is 1. The van der Waals surface area contributed by atoms with Gasteiger partial charge in [-0.25, -0.2) is 4.98 Å². The lowest BCUT2D eigenvalue weighted by Crippen LogP contribution is -2.38. The van der Waals surface area contributed by atoms with Crippen LogP contribution in [0.4, 0.5) is 5.69 Å². The fourth-order valence-electron chi connectivity index (χ4n) is 2.86. The fourth-order valence-corrected chi connectivity index (χ4v) is 3.63. The summed E-state index contributed by atoms with van der Waals surface area (Å²) in [6.07, 6.45) is 0.859. The van der Waals surface area contributed by atoms with Gasteiger partial charge in [0.2, 0.25) is 0 Å². The van der Waals surface area contributed by atoms with Crippen molar-refractivity contribution in [2.24, 2.45) is 0 Å². The average Bonchev–Trinajstić information content (AvgIpc) is 3.11. The molecule has 2 amide bonds. The van der Waals surface area contributed by atoms with Gasteiger partial charge in [-0.15, -0.1) is 11.3 Å². The van der Waals surface area contributed by atoms with E-state index in [1.54, 1.807) is 10.3 Å². The third-order valence-electron chi connectivity index (χ3n) is 4.84. The summed E-state index contributed by atoms with van der Waals surface area (Å²) in [5.74, 6) is 0.402. The first-order valence-electron chi connectivity index (χ1n) is 9.52. The number of rotatable bonds is 5. The molecular formula is C21H27N3O3S. The van der Waals surface area contributed by atoms with Crippen molar-refractivity contribution in [3.63, 3.8) is 0 Å². The molecule has 3 rings (SSSR count). The van der Waals surface area contributed by atoms with Gasteiger partial charge in [-0.05, 0) is 36.5 Å². The SMILES string of the molecule is CCC(C)NC(=O)c1csc(CN2C(=O)COc3ccc(C(C)(C)C)cc32)n1. The van der Waals surface area contributed by atoms with Gasteiger partial charge >= 0.3 is 0 Å². The Kier molecular flexibility index (Phi) is 5.74. The van der Waals surface area contributed by atoms with Crippen LogP contribution in [0.25, 0.3) is 0 Å². The molecule has 1 atom stereocenters. The third-order valence-corrected chi connectivity index (χ3v) is 5.67. The second kappa shape index (κ2) is 7.91. The van der Waals surface area contributed by atoms with Gasteiger partial charge in [-0.3, -0.25) is 14.5 Å². The molecule has 0 bridgehead atoms. The summed E-state index contributed by atoms with van der Waals surface area (Å²) in [5.41, 5.74) is 2.24. The van der Waals surface area contributed by atoms with E-state index in [0.717, 1.165) is 22.7 Å². The van der Waals surface area contributed by atoms with Crippen LogP contribution in [-0.4, -0.2) is 29.4 Å². The van der Waals surface area contributed by atoms with E-state index in [4.69, 9.17) is 4.74 Å². The van der Waals surface area contributed by atoms with E-state index in [1.807, 2.05) is 32.0 Å². The highest BCUT2D eigenvalue weighted by molar-refractivity contribution is 7.09. The molecule has 0 radical (unpaired) electrons. The summed E-state index contributed by atoms with van der Waals surface area (Å²) >= 11 is 1.39. The smallest absolute Gasteiger partial charge is 0.270 e. The molecule has 2 heterocycles. The number of amides is 2. The highest BCUT2D eigenvalue weighted by Crippen LogP contribution is 2.37. The first kappa shape index (κ1) is 20.3. The molecule has 0 saturated carbocycles. The molecule has 7 heteroatoms. The Morgan fingerprint density at radius 3 is 2.82 bits per heavy atom. The number of nitrogens with zero attached hydrogens (tertiary/aromatic N) is 2. The van der Waals surface area contributed by atoms with Crippen LogP contribution < -0.4 is 15.0 Å². The molecule has 1 N–H and O–H groups in total. The van der Waals surface area contributed by atoms with Crippen molar-refractivity contribution in [1.29, 1.82) is 0 Å². The maximum atomic E-state index is 12.5. The third kappa shape index (κ3) is 4.35. The van der Waals surface area contributed by atoms with Crippen molar-refractivity contribution in [2.75, 3.05) is 11.5 Å². The predicted octanol–water partition coefficient (Wildman–Crippen LogP) is 3.89. The Labute approximate surface area is 169 Å². The van der Waals surface area contributed by atoms with Crippen molar-refractivity contribution >= 4 is 28.8 Å². The molecule has 0 aliphatic carbocycles. The van der Waals surface area contributed by atoms with Crippen LogP contribution in [0.5, 0.6) is 5.75 Å². The number of ether oxygens (including phenoxy) is 1. The van der Waals surface area contributed by atoms with Crippen LogP contribution in [0.15, 0.2) is 23.6 Å². The summed E-state index contributed by atoms with van der Waals surface area (Å²) in [4.78, 5) is 31.0. The topological polar surface area (TPSA) is 71.5 Å². The minimum atomic E-state index is -0.180. The predicted molar refractivity (Wildman–Crippen MR) is 111 cm³/mol. The van der Waals surface area contributed by atoms with Gasteiger partial charge in [0.1, 0.15) is 16.5 Å². The lowest BCUT2D eigenvalue weighted by Gasteiger charge is -2.31. The second-order valence-electron chi connectivity index (χ2n) is 8.11. The highest BCUT2D eigenvalue weighted by Gasteiger charge is 2.28. The Morgan fingerprint density at radius 2 is 2.14 bits per heavy atom. The van der Waals surface area contributed by atoms with Crippen molar-refractivity contribution in [3.8, 4) is 5.75 Å². The van der Waals surface area contributed by atoms with Crippen LogP contribution in [-0.2, 0) is 16.8 Å². The molecule has 0 saturated heterocycles. The average molecular weight is 402 g/mol. The van der Waals surface area contributed by atoms with Crippen molar-refractivity contribution in [1.82, 2.24) is 10.3 Å². The Hall–Kier alpha value is -2.41. The van der Waals surface area contributed by atoms with Gasteiger partial charge in [0.15, 0.2) is 6.61 Å². The molecule has 28 heavy (non-hydrogen) atoms. The summed E-state index contributed by atoms with van der Waals surface area (Å²) in [6.45, 7) is 10.7. The maximum Gasteiger partial charge on any atom is 0.270 e. The van der Waals surface area contributed by atoms with Gasteiger partial charge in [-0.2, -0.15) is 0 Å². The highest BCUT2D eigenvalue weighted by atomic mass is 32.1. The van der Waals surface area contributed by atoms with Crippen LogP contribution in [0.2, 0.25) is 0 Å². The van der Waals surface area contributed by atoms with E-state index in [-0.39, 0.29) is 29.9 Å². The first-order valence-corrected chi connectivity index (χ1v) is 10.4. The normalized spacial score (nSPS) is 15.0. The number of hydrogen-bond acceptors (Lipinski definition) is 5. The maximum absolute atomic E-state index is 12.5. The second-order valence-corrected chi connectivity index (χ2v) is 9.05. The van der Waals surface area contributed by atoms with Crippen molar-refractivity contribution in [2.45, 2.75) is 59.0 Å². The molecule has 0 spiro atoms. The summed E-state index contributed by atoms with van der Waals surface area (Å²) in [6, 6.07) is 6.06. The zero-order valence-corrected chi connectivity index (χ0v) is 17.9. The fraction of sp³-hybridized carbons (Fsp3) is 0.476. The Balaban J connectivity index is 1.84. The minimum Gasteiger partial charge on any atom is -0.482 e. The number of thiazole rings is 1. The number of nitrogens with one attached hydrogen (secondary N) is 1. The van der Waals surface area contributed by atoms with Gasteiger partial charge in [-0.1, -0.05) is 33.8 Å². The Morgan fingerprint density at radius 1 is 1.39 bits per heavy atom. The first-order chi connectivity index (χ1) is 13.2. The number of carbonyl (C=O) groups excluding carboxylic acids is 2. The van der Waals surface area contributed by atoms with Crippen LogP contribution in [0, 0.1) is 0 Å². The van der Waals surface area contributed by atoms with Gasteiger partial charge in [0, 0.05) is 11.4 Å². The lowest BCUT2D eigenvalue weighted by molar-refractivity contribution is -0.121. The molecule has 1 aliphatic heterocycles. The number of hydrogen-bond donors (Lipinski definition) is 1. The monoisotopic (exact) mass is 401 g/mol. The molecule has 0 fully saturated rings. The quantitative estimate of drug-likeness (QED) is 0.825. The van der Waals surface area contributed by atoms with Crippen molar-refractivity contribution in [3.05, 3.63) is 39.8 Å². The molecule has 6 nitrogen and oxygen atoms in total. The largest absolute Gasteiger partial charge is 0.482 e. The zero-order valence-electron chi connectivity index (χ0n) is 17.0. The van der Waals surface area contributed by atoms with E-state index in [1.165, 1.54) is 11.3 Å². The molecule has 150 valence electrons. The van der Waals surface area contributed by atoms with Gasteiger partial charge in [0.25, 0.3) is 11.8 Å². The van der Waals surface area contributed by atoms with E-state index in [2.05, 4.69) is 31.1 Å². The molecular weight excluding hydrogens is 374 g/mol. The number of carbonyl (C=O) groups is 2. The molecule has 1 aromatic carbocycles. The standard InChI is InChI=1S/C21H27N3O3S/c1-6-13(2)22-20(26)15-12-28-18(23-15)10-24-16-9-14(21(3,4)5)7-8-17(16)27-11-19(24)25/h7-9,12-13H,6,10-11H2,1-5H3,(H,22,26). The van der Waals surface area contributed by atoms with Crippen LogP contribution in [0.3, 0.4) is 0 Å². The van der Waals surface area contributed by atoms with Crippen molar-refractivity contribution < 1.29 is 14.3 Å². The summed E-state index contributed by atoms with van der Waals surface area (Å²) < 4.78 is 5.60. The molecule has 1 aromatic heterocycles. The van der Waals surface area contributed by atoms with Gasteiger partial charge < -0.3 is 10.1 Å². The van der Waals surface area contributed by atoms with E-state index in [9.17, 15) is 9.59 Å². The molecule has 2 aromatic rings. The number of fused-ring (bicyclic) bond motifs is 1. The number of anilines is 1. The van der Waals surface area contributed by atoms with Crippen LogP contribution in [0.1, 0.15) is 62.1 Å². The van der Waals surface area contributed by atoms with Crippen LogP contribution >= 0.6 is 11.3 Å². The summed E-state index contributed by atoms with van der Waals surface area (Å²) in [7, 11) is 0. The van der Waals surface area contributed by atoms with Gasteiger partial charge in [0.05, 0.1) is 12.2 Å².